The summed E-state index contributed by atoms with van der Waals surface area (Å²) in [6.45, 7) is 2.96. The highest BCUT2D eigenvalue weighted by Gasteiger charge is 2.12. The predicted octanol–water partition coefficient (Wildman–Crippen LogP) is 3.95. The third kappa shape index (κ3) is 2.72. The van der Waals surface area contributed by atoms with Gasteiger partial charge in [0.1, 0.15) is 0 Å². The smallest absolute Gasteiger partial charge is 0.255 e. The van der Waals surface area contributed by atoms with Crippen molar-refractivity contribution in [2.24, 2.45) is 0 Å². The topological polar surface area (TPSA) is 67.2 Å². The van der Waals surface area contributed by atoms with Crippen LogP contribution in [0, 0.1) is 0 Å². The number of nitrogens with one attached hydrogen (secondary N) is 1. The van der Waals surface area contributed by atoms with Gasteiger partial charge in [-0.25, -0.2) is 0 Å². The number of rotatable bonds is 4. The van der Waals surface area contributed by atoms with Gasteiger partial charge in [0.05, 0.1) is 6.61 Å². The van der Waals surface area contributed by atoms with Gasteiger partial charge in [-0.15, -0.1) is 0 Å². The van der Waals surface area contributed by atoms with Gasteiger partial charge in [-0.05, 0) is 55.0 Å². The quantitative estimate of drug-likeness (QED) is 0.588. The van der Waals surface area contributed by atoms with Crippen LogP contribution in [0.1, 0.15) is 22.8 Å². The van der Waals surface area contributed by atoms with Crippen molar-refractivity contribution in [3.05, 3.63) is 72.1 Å². The minimum absolute atomic E-state index is 0.00715. The summed E-state index contributed by atoms with van der Waals surface area (Å²) in [7, 11) is 0. The number of pyridine rings is 1. The maximum Gasteiger partial charge on any atom is 0.255 e. The molecule has 4 rings (SSSR count). The first-order chi connectivity index (χ1) is 12.7. The summed E-state index contributed by atoms with van der Waals surface area (Å²) in [5.41, 5.74) is 4.42. The molecule has 2 N–H and O–H groups in total. The molecule has 0 unspecified atom stereocenters. The lowest BCUT2D eigenvalue weighted by molar-refractivity contribution is 0.102. The minimum atomic E-state index is -0.165. The molecule has 0 bridgehead atoms. The van der Waals surface area contributed by atoms with Gasteiger partial charge < -0.3 is 15.0 Å². The summed E-state index contributed by atoms with van der Waals surface area (Å²) in [4.78, 5) is 16.3. The first-order valence-electron chi connectivity index (χ1n) is 8.58. The number of amides is 1. The average molecular weight is 345 g/mol. The monoisotopic (exact) mass is 345 g/mol. The van der Waals surface area contributed by atoms with E-state index in [1.807, 2.05) is 36.4 Å². The molecule has 5 heteroatoms. The number of carbonyl (C=O) groups excluding carboxylic acids is 1. The van der Waals surface area contributed by atoms with Crippen molar-refractivity contribution < 1.29 is 9.90 Å². The first kappa shape index (κ1) is 16.3. The number of carbonyl (C=O) groups is 1. The number of aliphatic hydroxyl groups excluding tert-OH is 1. The molecule has 2 heterocycles. The van der Waals surface area contributed by atoms with E-state index in [0.29, 0.717) is 5.56 Å². The van der Waals surface area contributed by atoms with Crippen molar-refractivity contribution in [3.8, 4) is 0 Å². The molecule has 0 aliphatic carbocycles. The second-order valence-electron chi connectivity index (χ2n) is 6.18. The zero-order chi connectivity index (χ0) is 18.1. The molecule has 0 atom stereocenters. The van der Waals surface area contributed by atoms with E-state index in [-0.39, 0.29) is 12.5 Å². The van der Waals surface area contributed by atoms with Crippen LogP contribution in [0.3, 0.4) is 0 Å². The van der Waals surface area contributed by atoms with Crippen molar-refractivity contribution in [1.29, 1.82) is 0 Å². The molecule has 0 aliphatic heterocycles. The fraction of sp³-hybridized carbons (Fsp3) is 0.143. The van der Waals surface area contributed by atoms with E-state index < -0.39 is 0 Å². The van der Waals surface area contributed by atoms with Gasteiger partial charge >= 0.3 is 0 Å². The summed E-state index contributed by atoms with van der Waals surface area (Å²) < 4.78 is 2.24. The van der Waals surface area contributed by atoms with Crippen molar-refractivity contribution in [2.75, 3.05) is 5.32 Å². The second-order valence-corrected chi connectivity index (χ2v) is 6.18. The molecule has 0 spiro atoms. The van der Waals surface area contributed by atoms with Gasteiger partial charge in [0.15, 0.2) is 0 Å². The third-order valence-corrected chi connectivity index (χ3v) is 4.63. The number of aliphatic hydroxyl groups is 1. The summed E-state index contributed by atoms with van der Waals surface area (Å²) in [5, 5.41) is 14.5. The molecule has 130 valence electrons. The molecular formula is C21H19N3O2. The van der Waals surface area contributed by atoms with Crippen molar-refractivity contribution in [2.45, 2.75) is 20.1 Å². The van der Waals surface area contributed by atoms with E-state index in [1.165, 1.54) is 0 Å². The van der Waals surface area contributed by atoms with Gasteiger partial charge in [0.2, 0.25) is 0 Å². The molecule has 0 fully saturated rings. The van der Waals surface area contributed by atoms with Gasteiger partial charge in [-0.1, -0.05) is 6.07 Å². The maximum absolute atomic E-state index is 12.4. The fourth-order valence-corrected chi connectivity index (χ4v) is 3.37. The van der Waals surface area contributed by atoms with Gasteiger partial charge in [0, 0.05) is 52.0 Å². The Morgan fingerprint density at radius 2 is 1.73 bits per heavy atom. The van der Waals surface area contributed by atoms with Crippen LogP contribution in [-0.4, -0.2) is 20.6 Å². The molecular weight excluding hydrogens is 326 g/mol. The highest BCUT2D eigenvalue weighted by atomic mass is 16.3. The van der Waals surface area contributed by atoms with E-state index in [9.17, 15) is 9.90 Å². The Morgan fingerprint density at radius 1 is 1.04 bits per heavy atom. The van der Waals surface area contributed by atoms with E-state index in [2.05, 4.69) is 21.8 Å². The molecule has 26 heavy (non-hydrogen) atoms. The lowest BCUT2D eigenvalue weighted by Crippen LogP contribution is -2.11. The van der Waals surface area contributed by atoms with E-state index in [0.717, 1.165) is 39.6 Å². The molecule has 2 aromatic carbocycles. The van der Waals surface area contributed by atoms with Crippen LogP contribution >= 0.6 is 0 Å². The molecule has 2 aromatic heterocycles. The third-order valence-electron chi connectivity index (χ3n) is 4.63. The molecule has 5 nitrogen and oxygen atoms in total. The number of hydrogen-bond acceptors (Lipinski definition) is 3. The fourth-order valence-electron chi connectivity index (χ4n) is 3.37. The summed E-state index contributed by atoms with van der Waals surface area (Å²) in [6, 6.07) is 15.3. The first-order valence-corrected chi connectivity index (χ1v) is 8.58. The van der Waals surface area contributed by atoms with E-state index >= 15 is 0 Å². The number of fused-ring (bicyclic) bond motifs is 3. The Balaban J connectivity index is 1.81. The van der Waals surface area contributed by atoms with Crippen molar-refractivity contribution in [1.82, 2.24) is 9.55 Å². The van der Waals surface area contributed by atoms with Crippen LogP contribution in [0.25, 0.3) is 21.8 Å². The Labute approximate surface area is 150 Å². The van der Waals surface area contributed by atoms with Gasteiger partial charge in [-0.3, -0.25) is 9.78 Å². The maximum atomic E-state index is 12.4. The van der Waals surface area contributed by atoms with Crippen LogP contribution in [0.5, 0.6) is 0 Å². The molecule has 4 aromatic rings. The van der Waals surface area contributed by atoms with Crippen LogP contribution in [0.4, 0.5) is 5.69 Å². The molecule has 0 aliphatic rings. The summed E-state index contributed by atoms with van der Waals surface area (Å²) in [6.07, 6.45) is 3.20. The number of aromatic nitrogens is 2. The zero-order valence-electron chi connectivity index (χ0n) is 14.4. The number of nitrogens with zero attached hydrogens (tertiary/aromatic N) is 2. The van der Waals surface area contributed by atoms with Gasteiger partial charge in [0.25, 0.3) is 5.91 Å². The summed E-state index contributed by atoms with van der Waals surface area (Å²) in [5.74, 6) is -0.165. The Kier molecular flexibility index (Phi) is 4.14. The lowest BCUT2D eigenvalue weighted by Gasteiger charge is -2.06. The molecule has 0 saturated carbocycles. The van der Waals surface area contributed by atoms with E-state index in [1.54, 1.807) is 24.5 Å². The van der Waals surface area contributed by atoms with Crippen molar-refractivity contribution in [3.63, 3.8) is 0 Å². The SMILES string of the molecule is CCn1c2ccc(CO)cc2c2cc(NC(=O)c3ccncc3)ccc21. The van der Waals surface area contributed by atoms with Crippen LogP contribution in [0.2, 0.25) is 0 Å². The minimum Gasteiger partial charge on any atom is -0.392 e. The highest BCUT2D eigenvalue weighted by molar-refractivity contribution is 6.11. The molecule has 0 saturated heterocycles. The zero-order valence-corrected chi connectivity index (χ0v) is 14.4. The second kappa shape index (κ2) is 6.61. The Hall–Kier alpha value is -3.18. The van der Waals surface area contributed by atoms with Gasteiger partial charge in [-0.2, -0.15) is 0 Å². The summed E-state index contributed by atoms with van der Waals surface area (Å²) >= 11 is 0. The standard InChI is InChI=1S/C21H19N3O2/c1-2-24-19-5-3-14(13-25)11-17(19)18-12-16(4-6-20(18)24)23-21(26)15-7-9-22-10-8-15/h3-12,25H,2,13H2,1H3,(H,23,26). The Morgan fingerprint density at radius 3 is 2.42 bits per heavy atom. The predicted molar refractivity (Wildman–Crippen MR) is 103 cm³/mol. The van der Waals surface area contributed by atoms with Crippen LogP contribution in [0.15, 0.2) is 60.9 Å². The Bertz CT molecular complexity index is 1100. The average Bonchev–Trinajstić information content (AvgIpc) is 3.00. The largest absolute Gasteiger partial charge is 0.392 e. The highest BCUT2D eigenvalue weighted by Crippen LogP contribution is 2.32. The van der Waals surface area contributed by atoms with Crippen LogP contribution in [-0.2, 0) is 13.2 Å². The van der Waals surface area contributed by atoms with Crippen molar-refractivity contribution >= 4 is 33.4 Å². The normalized spacial score (nSPS) is 11.2. The number of aryl methyl sites for hydroxylation is 1. The molecule has 1 amide bonds. The van der Waals surface area contributed by atoms with E-state index in [4.69, 9.17) is 0 Å². The lowest BCUT2D eigenvalue weighted by atomic mass is 10.1. The number of anilines is 1. The van der Waals surface area contributed by atoms with Crippen LogP contribution < -0.4 is 5.32 Å². The number of hydrogen-bond donors (Lipinski definition) is 2. The molecule has 0 radical (unpaired) electrons. The number of benzene rings is 2.